The monoisotopic (exact) mass is 422 g/mol. The number of carbonyl (C=O) groups excluding carboxylic acids is 1. The minimum atomic E-state index is -0.518. The van der Waals surface area contributed by atoms with Crippen LogP contribution < -0.4 is 10.1 Å². The van der Waals surface area contributed by atoms with Gasteiger partial charge in [0.1, 0.15) is 24.0 Å². The molecule has 0 heterocycles. The number of benzene rings is 3. The van der Waals surface area contributed by atoms with Crippen LogP contribution in [0.3, 0.4) is 0 Å². The summed E-state index contributed by atoms with van der Waals surface area (Å²) in [6.45, 7) is 0.236. The number of anilines is 1. The third-order valence-electron chi connectivity index (χ3n) is 4.01. The molecule has 144 valence electrons. The highest BCUT2D eigenvalue weighted by Crippen LogP contribution is 2.27. The second-order valence-electron chi connectivity index (χ2n) is 6.05. The number of carbonyl (C=O) groups is 1. The summed E-state index contributed by atoms with van der Waals surface area (Å²) < 4.78 is 5.87. The van der Waals surface area contributed by atoms with Crippen LogP contribution in [0.2, 0.25) is 10.0 Å². The highest BCUT2D eigenvalue weighted by molar-refractivity contribution is 6.31. The molecule has 0 fully saturated rings. The molecule has 0 aliphatic carbocycles. The van der Waals surface area contributed by atoms with Gasteiger partial charge in [-0.05, 0) is 42.5 Å². The normalized spacial score (nSPS) is 10.9. The van der Waals surface area contributed by atoms with Gasteiger partial charge in [-0.1, -0.05) is 59.6 Å². The van der Waals surface area contributed by atoms with Crippen LogP contribution >= 0.6 is 23.2 Å². The molecule has 1 amide bonds. The van der Waals surface area contributed by atoms with Crippen LogP contribution in [0, 0.1) is 11.3 Å². The summed E-state index contributed by atoms with van der Waals surface area (Å²) in [6, 6.07) is 23.2. The predicted molar refractivity (Wildman–Crippen MR) is 116 cm³/mol. The number of hydrogen-bond donors (Lipinski definition) is 1. The fourth-order valence-corrected chi connectivity index (χ4v) is 2.93. The molecular weight excluding hydrogens is 407 g/mol. The quantitative estimate of drug-likeness (QED) is 0.384. The molecule has 6 heteroatoms. The number of rotatable bonds is 6. The maximum Gasteiger partial charge on any atom is 0.266 e. The third-order valence-corrected chi connectivity index (χ3v) is 4.61. The van der Waals surface area contributed by atoms with Crippen molar-refractivity contribution in [3.63, 3.8) is 0 Å². The van der Waals surface area contributed by atoms with Crippen LogP contribution in [-0.2, 0) is 11.4 Å². The Morgan fingerprint density at radius 2 is 1.76 bits per heavy atom. The SMILES string of the molecule is N#C/C(=C\c1cc(Cl)ccc1OCc1ccccc1Cl)C(=O)Nc1ccccc1. The summed E-state index contributed by atoms with van der Waals surface area (Å²) in [5.74, 6) is -0.0367. The van der Waals surface area contributed by atoms with Gasteiger partial charge >= 0.3 is 0 Å². The maximum atomic E-state index is 12.5. The van der Waals surface area contributed by atoms with E-state index in [0.29, 0.717) is 27.0 Å². The molecule has 0 atom stereocenters. The largest absolute Gasteiger partial charge is 0.488 e. The molecule has 29 heavy (non-hydrogen) atoms. The van der Waals surface area contributed by atoms with E-state index < -0.39 is 5.91 Å². The number of nitrogens with zero attached hydrogens (tertiary/aromatic N) is 1. The summed E-state index contributed by atoms with van der Waals surface area (Å²) in [6.07, 6.45) is 1.45. The fraction of sp³-hybridized carbons (Fsp3) is 0.0435. The molecule has 0 bridgehead atoms. The second-order valence-corrected chi connectivity index (χ2v) is 6.90. The number of nitriles is 1. The van der Waals surface area contributed by atoms with Crippen LogP contribution in [0.15, 0.2) is 78.4 Å². The van der Waals surface area contributed by atoms with Gasteiger partial charge in [0.05, 0.1) is 0 Å². The molecule has 0 aromatic heterocycles. The molecule has 3 aromatic rings. The Bertz CT molecular complexity index is 1090. The molecule has 0 aliphatic heterocycles. The first-order chi connectivity index (χ1) is 14.1. The fourth-order valence-electron chi connectivity index (χ4n) is 2.56. The van der Waals surface area contributed by atoms with Gasteiger partial charge in [-0.15, -0.1) is 0 Å². The van der Waals surface area contributed by atoms with E-state index in [1.807, 2.05) is 30.3 Å². The summed E-state index contributed by atoms with van der Waals surface area (Å²) in [7, 11) is 0. The number of hydrogen-bond acceptors (Lipinski definition) is 3. The predicted octanol–water partition coefficient (Wildman–Crippen LogP) is 6.12. The molecule has 0 spiro atoms. The van der Waals surface area contributed by atoms with Crippen molar-refractivity contribution in [3.05, 3.63) is 99.5 Å². The van der Waals surface area contributed by atoms with Gasteiger partial charge in [0.2, 0.25) is 0 Å². The van der Waals surface area contributed by atoms with E-state index in [4.69, 9.17) is 27.9 Å². The van der Waals surface area contributed by atoms with Gasteiger partial charge in [0.25, 0.3) is 5.91 Å². The molecule has 4 nitrogen and oxygen atoms in total. The Hall–Kier alpha value is -3.26. The smallest absolute Gasteiger partial charge is 0.266 e. The minimum absolute atomic E-state index is 0.0706. The van der Waals surface area contributed by atoms with Crippen LogP contribution in [-0.4, -0.2) is 5.91 Å². The lowest BCUT2D eigenvalue weighted by molar-refractivity contribution is -0.112. The van der Waals surface area contributed by atoms with Crippen LogP contribution in [0.4, 0.5) is 5.69 Å². The average molecular weight is 423 g/mol. The highest BCUT2D eigenvalue weighted by atomic mass is 35.5. The molecule has 0 aliphatic rings. The van der Waals surface area contributed by atoms with Gasteiger partial charge in [0.15, 0.2) is 0 Å². The van der Waals surface area contributed by atoms with E-state index in [2.05, 4.69) is 5.32 Å². The van der Waals surface area contributed by atoms with Crippen molar-refractivity contribution in [2.75, 3.05) is 5.32 Å². The van der Waals surface area contributed by atoms with E-state index in [1.165, 1.54) is 6.08 Å². The zero-order valence-electron chi connectivity index (χ0n) is 15.2. The van der Waals surface area contributed by atoms with E-state index in [1.54, 1.807) is 48.5 Å². The maximum absolute atomic E-state index is 12.5. The van der Waals surface area contributed by atoms with Gasteiger partial charge in [-0.25, -0.2) is 0 Å². The topological polar surface area (TPSA) is 62.1 Å². The van der Waals surface area contributed by atoms with Crippen molar-refractivity contribution in [1.82, 2.24) is 0 Å². The van der Waals surface area contributed by atoms with Crippen LogP contribution in [0.5, 0.6) is 5.75 Å². The first-order valence-corrected chi connectivity index (χ1v) is 9.46. The van der Waals surface area contributed by atoms with Crippen LogP contribution in [0.25, 0.3) is 6.08 Å². The van der Waals surface area contributed by atoms with E-state index in [9.17, 15) is 10.1 Å². The molecule has 3 aromatic carbocycles. The Labute approximate surface area is 179 Å². The second kappa shape index (κ2) is 9.79. The van der Waals surface area contributed by atoms with E-state index in [0.717, 1.165) is 5.56 Å². The van der Waals surface area contributed by atoms with E-state index in [-0.39, 0.29) is 12.2 Å². The summed E-state index contributed by atoms with van der Waals surface area (Å²) in [5.41, 5.74) is 1.87. The summed E-state index contributed by atoms with van der Waals surface area (Å²) in [4.78, 5) is 12.5. The van der Waals surface area contributed by atoms with Crippen molar-refractivity contribution < 1.29 is 9.53 Å². The van der Waals surface area contributed by atoms with Gasteiger partial charge < -0.3 is 10.1 Å². The number of para-hydroxylation sites is 1. The minimum Gasteiger partial charge on any atom is -0.488 e. The lowest BCUT2D eigenvalue weighted by Crippen LogP contribution is -2.13. The number of nitrogens with one attached hydrogen (secondary N) is 1. The highest BCUT2D eigenvalue weighted by Gasteiger charge is 2.12. The number of ether oxygens (including phenoxy) is 1. The van der Waals surface area contributed by atoms with E-state index >= 15 is 0 Å². The molecular formula is C23H16Cl2N2O2. The number of halogens is 2. The standard InChI is InChI=1S/C23H16Cl2N2O2/c24-19-10-11-22(29-15-16-6-4-5-9-21(16)25)17(13-19)12-18(14-26)23(28)27-20-7-2-1-3-8-20/h1-13H,15H2,(H,27,28)/b18-12+. The van der Waals surface area contributed by atoms with Gasteiger partial charge in [0, 0.05) is 26.9 Å². The molecule has 0 radical (unpaired) electrons. The zero-order chi connectivity index (χ0) is 20.6. The van der Waals surface area contributed by atoms with Gasteiger partial charge in [-0.2, -0.15) is 5.26 Å². The summed E-state index contributed by atoms with van der Waals surface area (Å²) >= 11 is 12.3. The Kier molecular flexibility index (Phi) is 6.91. The Morgan fingerprint density at radius 1 is 1.03 bits per heavy atom. The van der Waals surface area contributed by atoms with Crippen LogP contribution in [0.1, 0.15) is 11.1 Å². The lowest BCUT2D eigenvalue weighted by Gasteiger charge is -2.11. The van der Waals surface area contributed by atoms with Gasteiger partial charge in [-0.3, -0.25) is 4.79 Å². The first-order valence-electron chi connectivity index (χ1n) is 8.71. The zero-order valence-corrected chi connectivity index (χ0v) is 16.7. The molecule has 3 rings (SSSR count). The number of amides is 1. The summed E-state index contributed by atoms with van der Waals surface area (Å²) in [5, 5.41) is 13.2. The third kappa shape index (κ3) is 5.61. The first kappa shape index (κ1) is 20.5. The lowest BCUT2D eigenvalue weighted by atomic mass is 10.1. The molecule has 0 saturated heterocycles. The van der Waals surface area contributed by atoms with Crippen molar-refractivity contribution >= 4 is 40.9 Å². The average Bonchev–Trinajstić information content (AvgIpc) is 2.73. The molecule has 1 N–H and O–H groups in total. The van der Waals surface area contributed by atoms with Crippen molar-refractivity contribution in [1.29, 1.82) is 5.26 Å². The molecule has 0 saturated carbocycles. The molecule has 0 unspecified atom stereocenters. The Balaban J connectivity index is 1.84. The Morgan fingerprint density at radius 3 is 2.48 bits per heavy atom. The van der Waals surface area contributed by atoms with Crippen molar-refractivity contribution in [2.24, 2.45) is 0 Å². The van der Waals surface area contributed by atoms with Crippen molar-refractivity contribution in [2.45, 2.75) is 6.61 Å². The van der Waals surface area contributed by atoms with Crippen molar-refractivity contribution in [3.8, 4) is 11.8 Å².